The summed E-state index contributed by atoms with van der Waals surface area (Å²) < 4.78 is 0. The summed E-state index contributed by atoms with van der Waals surface area (Å²) in [6.07, 6.45) is 0.596. The van der Waals surface area contributed by atoms with Crippen molar-refractivity contribution in [2.75, 3.05) is 6.61 Å². The largest absolute Gasteiger partial charge is 1.00 e. The Morgan fingerprint density at radius 2 is 2.33 bits per heavy atom. The zero-order valence-electron chi connectivity index (χ0n) is 5.33. The summed E-state index contributed by atoms with van der Waals surface area (Å²) in [5.41, 5.74) is 0. The zero-order valence-corrected chi connectivity index (χ0v) is 7.33. The molecule has 1 rings (SSSR count). The summed E-state index contributed by atoms with van der Waals surface area (Å²) in [6.45, 7) is -0.0152. The van der Waals surface area contributed by atoms with Gasteiger partial charge >= 0.3 is 29.6 Å². The van der Waals surface area contributed by atoms with E-state index in [4.69, 9.17) is 5.11 Å². The van der Waals surface area contributed by atoms with E-state index in [1.807, 2.05) is 0 Å². The monoisotopic (exact) mass is 138 g/mol. The van der Waals surface area contributed by atoms with E-state index in [9.17, 15) is 9.90 Å². The van der Waals surface area contributed by atoms with Gasteiger partial charge in [-0.3, -0.25) is 0 Å². The van der Waals surface area contributed by atoms with E-state index >= 15 is 0 Å². The van der Waals surface area contributed by atoms with Crippen LogP contribution in [0.25, 0.3) is 0 Å². The molecule has 1 N–H and O–H groups in total. The Morgan fingerprint density at radius 1 is 1.78 bits per heavy atom. The van der Waals surface area contributed by atoms with Gasteiger partial charge in [-0.25, -0.2) is 0 Å². The third-order valence-corrected chi connectivity index (χ3v) is 1.46. The Labute approximate surface area is 75.4 Å². The normalized spacial score (nSPS) is 30.8. The van der Waals surface area contributed by atoms with Gasteiger partial charge in [-0.05, 0) is 12.3 Å². The molecule has 0 aromatic carbocycles. The molecule has 0 aromatic heterocycles. The number of carbonyl (C=O) groups is 1. The third kappa shape index (κ3) is 2.26. The first-order chi connectivity index (χ1) is 3.75. The van der Waals surface area contributed by atoms with Gasteiger partial charge in [-0.1, -0.05) is 0 Å². The van der Waals surface area contributed by atoms with Crippen LogP contribution in [0.1, 0.15) is 6.42 Å². The molecule has 1 saturated carbocycles. The molecular weight excluding hydrogens is 131 g/mol. The van der Waals surface area contributed by atoms with E-state index < -0.39 is 5.97 Å². The molecule has 9 heavy (non-hydrogen) atoms. The Kier molecular flexibility index (Phi) is 3.73. The second kappa shape index (κ2) is 3.56. The zero-order chi connectivity index (χ0) is 6.15. The Bertz CT molecular complexity index is 115. The minimum Gasteiger partial charge on any atom is -0.550 e. The van der Waals surface area contributed by atoms with Crippen LogP contribution in [-0.4, -0.2) is 17.7 Å². The van der Waals surface area contributed by atoms with Crippen LogP contribution in [0.15, 0.2) is 0 Å². The number of hydrogen-bond donors (Lipinski definition) is 1. The first-order valence-corrected chi connectivity index (χ1v) is 2.57. The van der Waals surface area contributed by atoms with Gasteiger partial charge in [0.25, 0.3) is 0 Å². The summed E-state index contributed by atoms with van der Waals surface area (Å²) in [5.74, 6) is -1.40. The van der Waals surface area contributed by atoms with Crippen molar-refractivity contribution in [3.63, 3.8) is 0 Å². The average Bonchev–Trinajstić information content (AvgIpc) is 2.42. The van der Waals surface area contributed by atoms with Gasteiger partial charge in [0.1, 0.15) is 0 Å². The SMILES string of the molecule is O=C([O-])[C@H]1C[C@H]1CO.[Na+]. The maximum Gasteiger partial charge on any atom is 1.00 e. The summed E-state index contributed by atoms with van der Waals surface area (Å²) in [7, 11) is 0. The molecule has 1 fully saturated rings. The molecule has 0 spiro atoms. The number of carboxylic acid groups (broad SMARTS) is 1. The fourth-order valence-corrected chi connectivity index (χ4v) is 0.738. The van der Waals surface area contributed by atoms with Crippen molar-refractivity contribution in [2.24, 2.45) is 11.8 Å². The van der Waals surface area contributed by atoms with Gasteiger partial charge in [0, 0.05) is 18.5 Å². The predicted octanol–water partition coefficient (Wildman–Crippen LogP) is -4.63. The van der Waals surface area contributed by atoms with Gasteiger partial charge in [0.15, 0.2) is 0 Å². The van der Waals surface area contributed by atoms with Gasteiger partial charge in [-0.2, -0.15) is 0 Å². The van der Waals surface area contributed by atoms with E-state index in [0.717, 1.165) is 0 Å². The van der Waals surface area contributed by atoms with Crippen LogP contribution in [-0.2, 0) is 4.79 Å². The van der Waals surface area contributed by atoms with Crippen LogP contribution in [0, 0.1) is 11.8 Å². The fraction of sp³-hybridized carbons (Fsp3) is 0.800. The Hall–Kier alpha value is 0.430. The molecule has 0 bridgehead atoms. The molecule has 46 valence electrons. The first-order valence-electron chi connectivity index (χ1n) is 2.57. The molecule has 0 amide bonds. The van der Waals surface area contributed by atoms with E-state index in [0.29, 0.717) is 6.42 Å². The number of hydrogen-bond acceptors (Lipinski definition) is 3. The van der Waals surface area contributed by atoms with E-state index in [2.05, 4.69) is 0 Å². The van der Waals surface area contributed by atoms with Gasteiger partial charge in [0.2, 0.25) is 0 Å². The Morgan fingerprint density at radius 3 is 2.44 bits per heavy atom. The molecule has 0 saturated heterocycles. The van der Waals surface area contributed by atoms with Crippen molar-refractivity contribution in [1.82, 2.24) is 0 Å². The smallest absolute Gasteiger partial charge is 0.550 e. The molecule has 0 aliphatic heterocycles. The van der Waals surface area contributed by atoms with Crippen molar-refractivity contribution < 1.29 is 44.6 Å². The van der Waals surface area contributed by atoms with Gasteiger partial charge < -0.3 is 15.0 Å². The Balaban J connectivity index is 0.000000640. The number of aliphatic hydroxyl groups excluding tert-OH is 1. The van der Waals surface area contributed by atoms with Crippen molar-refractivity contribution >= 4 is 5.97 Å². The molecule has 0 radical (unpaired) electrons. The van der Waals surface area contributed by atoms with E-state index in [-0.39, 0.29) is 48.0 Å². The molecule has 1 aliphatic rings. The van der Waals surface area contributed by atoms with E-state index in [1.165, 1.54) is 0 Å². The molecular formula is C5H7NaO3. The van der Waals surface area contributed by atoms with Crippen LogP contribution in [0.4, 0.5) is 0 Å². The number of aliphatic carboxylic acids is 1. The van der Waals surface area contributed by atoms with Crippen LogP contribution in [0.3, 0.4) is 0 Å². The summed E-state index contributed by atoms with van der Waals surface area (Å²) in [5, 5.41) is 18.2. The van der Waals surface area contributed by atoms with Crippen molar-refractivity contribution in [3.8, 4) is 0 Å². The molecule has 3 nitrogen and oxygen atoms in total. The summed E-state index contributed by atoms with van der Waals surface area (Å²) in [6, 6.07) is 0. The van der Waals surface area contributed by atoms with Crippen LogP contribution in [0.5, 0.6) is 0 Å². The first kappa shape index (κ1) is 9.43. The maximum atomic E-state index is 9.91. The van der Waals surface area contributed by atoms with Gasteiger partial charge in [-0.15, -0.1) is 0 Å². The number of carbonyl (C=O) groups excluding carboxylic acids is 1. The van der Waals surface area contributed by atoms with Crippen molar-refractivity contribution in [2.45, 2.75) is 6.42 Å². The molecule has 2 atom stereocenters. The number of carboxylic acids is 1. The van der Waals surface area contributed by atoms with E-state index in [1.54, 1.807) is 0 Å². The quantitative estimate of drug-likeness (QED) is 0.390. The van der Waals surface area contributed by atoms with Crippen LogP contribution >= 0.6 is 0 Å². The number of aliphatic hydroxyl groups is 1. The fourth-order valence-electron chi connectivity index (χ4n) is 0.738. The summed E-state index contributed by atoms with van der Waals surface area (Å²) >= 11 is 0. The van der Waals surface area contributed by atoms with Crippen molar-refractivity contribution in [1.29, 1.82) is 0 Å². The predicted molar refractivity (Wildman–Crippen MR) is 23.7 cm³/mol. The van der Waals surface area contributed by atoms with Crippen molar-refractivity contribution in [3.05, 3.63) is 0 Å². The minimum absolute atomic E-state index is 0. The number of rotatable bonds is 2. The molecule has 0 aromatic rings. The van der Waals surface area contributed by atoms with Crippen LogP contribution < -0.4 is 34.7 Å². The molecule has 0 heterocycles. The standard InChI is InChI=1S/C5H8O3.Na/c6-2-3-1-4(3)5(7)8;/h3-4,6H,1-2H2,(H,7,8);/q;+1/p-1/t3-,4-;/m0./s1. The maximum absolute atomic E-state index is 9.91. The van der Waals surface area contributed by atoms with Gasteiger partial charge in [0.05, 0.1) is 0 Å². The minimum atomic E-state index is -1.02. The second-order valence-corrected chi connectivity index (χ2v) is 2.10. The summed E-state index contributed by atoms with van der Waals surface area (Å²) in [4.78, 5) is 9.91. The second-order valence-electron chi connectivity index (χ2n) is 2.10. The molecule has 0 unspecified atom stereocenters. The molecule has 1 aliphatic carbocycles. The third-order valence-electron chi connectivity index (χ3n) is 1.46. The van der Waals surface area contributed by atoms with Crippen LogP contribution in [0.2, 0.25) is 0 Å². The topological polar surface area (TPSA) is 60.4 Å². The average molecular weight is 138 g/mol. The molecule has 4 heteroatoms.